The number of piperazine rings is 1. The van der Waals surface area contributed by atoms with Gasteiger partial charge in [0.25, 0.3) is 0 Å². The lowest BCUT2D eigenvalue weighted by Crippen LogP contribution is -2.55. The third-order valence-electron chi connectivity index (χ3n) is 4.35. The molecule has 118 valence electrons. The standard InChI is InChI=1S/C15H25N3O3/c1-11(2)14(20)18-6-4-5-13(18)15(21)17-9-7-16(8-10-17)12(3)19/h11,13H,4-10H2,1-3H3. The van der Waals surface area contributed by atoms with Crippen LogP contribution in [-0.4, -0.2) is 71.2 Å². The quantitative estimate of drug-likeness (QED) is 0.737. The molecule has 1 unspecified atom stereocenters. The number of hydrogen-bond acceptors (Lipinski definition) is 3. The first-order valence-electron chi connectivity index (χ1n) is 7.76. The molecule has 1 atom stereocenters. The van der Waals surface area contributed by atoms with Crippen molar-refractivity contribution < 1.29 is 14.4 Å². The number of hydrogen-bond donors (Lipinski definition) is 0. The second kappa shape index (κ2) is 6.45. The van der Waals surface area contributed by atoms with Crippen LogP contribution in [0.15, 0.2) is 0 Å². The highest BCUT2D eigenvalue weighted by Gasteiger charge is 2.37. The zero-order valence-electron chi connectivity index (χ0n) is 13.2. The van der Waals surface area contributed by atoms with Gasteiger partial charge in [0.2, 0.25) is 17.7 Å². The molecule has 0 aromatic rings. The normalized spacial score (nSPS) is 22.9. The summed E-state index contributed by atoms with van der Waals surface area (Å²) in [4.78, 5) is 41.4. The van der Waals surface area contributed by atoms with Gasteiger partial charge < -0.3 is 14.7 Å². The van der Waals surface area contributed by atoms with Crippen LogP contribution in [0.5, 0.6) is 0 Å². The number of amides is 3. The molecular formula is C15H25N3O3. The summed E-state index contributed by atoms with van der Waals surface area (Å²) in [5, 5.41) is 0. The lowest BCUT2D eigenvalue weighted by molar-refractivity contribution is -0.147. The molecule has 0 aromatic heterocycles. The number of rotatable bonds is 2. The van der Waals surface area contributed by atoms with Crippen LogP contribution in [0, 0.1) is 5.92 Å². The van der Waals surface area contributed by atoms with Gasteiger partial charge in [-0.15, -0.1) is 0 Å². The molecule has 0 saturated carbocycles. The third kappa shape index (κ3) is 3.36. The van der Waals surface area contributed by atoms with E-state index in [1.807, 2.05) is 13.8 Å². The van der Waals surface area contributed by atoms with E-state index >= 15 is 0 Å². The number of likely N-dealkylation sites (tertiary alicyclic amines) is 1. The van der Waals surface area contributed by atoms with E-state index in [1.54, 1.807) is 21.6 Å². The number of carbonyl (C=O) groups excluding carboxylic acids is 3. The summed E-state index contributed by atoms with van der Waals surface area (Å²) in [7, 11) is 0. The van der Waals surface area contributed by atoms with Crippen molar-refractivity contribution in [2.75, 3.05) is 32.7 Å². The van der Waals surface area contributed by atoms with E-state index in [1.165, 1.54) is 0 Å². The first-order valence-corrected chi connectivity index (χ1v) is 7.76. The Morgan fingerprint density at radius 1 is 0.952 bits per heavy atom. The summed E-state index contributed by atoms with van der Waals surface area (Å²) in [5.74, 6) is 0.0884. The highest BCUT2D eigenvalue weighted by molar-refractivity contribution is 5.89. The molecule has 0 aliphatic carbocycles. The van der Waals surface area contributed by atoms with Crippen LogP contribution in [0.2, 0.25) is 0 Å². The van der Waals surface area contributed by atoms with Crippen molar-refractivity contribution in [3.63, 3.8) is 0 Å². The molecule has 0 bridgehead atoms. The Morgan fingerprint density at radius 3 is 2.05 bits per heavy atom. The van der Waals surface area contributed by atoms with Crippen LogP contribution < -0.4 is 0 Å². The summed E-state index contributed by atoms with van der Waals surface area (Å²) in [5.41, 5.74) is 0. The van der Waals surface area contributed by atoms with Crippen LogP contribution in [-0.2, 0) is 14.4 Å². The van der Waals surface area contributed by atoms with E-state index in [0.717, 1.165) is 12.8 Å². The van der Waals surface area contributed by atoms with E-state index in [4.69, 9.17) is 0 Å². The molecule has 2 heterocycles. The highest BCUT2D eigenvalue weighted by Crippen LogP contribution is 2.22. The van der Waals surface area contributed by atoms with E-state index in [2.05, 4.69) is 0 Å². The molecule has 2 fully saturated rings. The largest absolute Gasteiger partial charge is 0.339 e. The van der Waals surface area contributed by atoms with Crippen LogP contribution in [0.4, 0.5) is 0 Å². The molecule has 6 heteroatoms. The smallest absolute Gasteiger partial charge is 0.245 e. The second-order valence-electron chi connectivity index (χ2n) is 6.18. The fraction of sp³-hybridized carbons (Fsp3) is 0.800. The fourth-order valence-electron chi connectivity index (χ4n) is 3.07. The van der Waals surface area contributed by atoms with Gasteiger partial charge in [-0.1, -0.05) is 13.8 Å². The van der Waals surface area contributed by atoms with E-state index in [0.29, 0.717) is 32.7 Å². The molecule has 2 aliphatic heterocycles. The van der Waals surface area contributed by atoms with Gasteiger partial charge in [0.05, 0.1) is 0 Å². The van der Waals surface area contributed by atoms with E-state index in [-0.39, 0.29) is 29.7 Å². The van der Waals surface area contributed by atoms with Crippen molar-refractivity contribution in [2.24, 2.45) is 5.92 Å². The molecule has 2 aliphatic rings. The maximum absolute atomic E-state index is 12.6. The average Bonchev–Trinajstić information content (AvgIpc) is 2.94. The average molecular weight is 295 g/mol. The van der Waals surface area contributed by atoms with E-state index in [9.17, 15) is 14.4 Å². The molecule has 2 rings (SSSR count). The summed E-state index contributed by atoms with van der Waals surface area (Å²) >= 11 is 0. The Hall–Kier alpha value is -1.59. The minimum absolute atomic E-state index is 0.0460. The van der Waals surface area contributed by atoms with E-state index < -0.39 is 0 Å². The minimum Gasteiger partial charge on any atom is -0.339 e. The first kappa shape index (κ1) is 15.8. The second-order valence-corrected chi connectivity index (χ2v) is 6.18. The SMILES string of the molecule is CC(=O)N1CCN(C(=O)C2CCCN2C(=O)C(C)C)CC1. The van der Waals surface area contributed by atoms with Crippen molar-refractivity contribution in [2.45, 2.75) is 39.7 Å². The maximum Gasteiger partial charge on any atom is 0.245 e. The first-order chi connectivity index (χ1) is 9.91. The zero-order chi connectivity index (χ0) is 15.6. The van der Waals surface area contributed by atoms with Gasteiger partial charge in [-0.3, -0.25) is 14.4 Å². The van der Waals surface area contributed by atoms with Crippen LogP contribution in [0.1, 0.15) is 33.6 Å². The van der Waals surface area contributed by atoms with Gasteiger partial charge in [-0.2, -0.15) is 0 Å². The summed E-state index contributed by atoms with van der Waals surface area (Å²) in [6, 6.07) is -0.302. The lowest BCUT2D eigenvalue weighted by atomic mass is 10.1. The summed E-state index contributed by atoms with van der Waals surface area (Å²) < 4.78 is 0. The molecule has 0 aromatic carbocycles. The topological polar surface area (TPSA) is 60.9 Å². The molecular weight excluding hydrogens is 270 g/mol. The Kier molecular flexibility index (Phi) is 4.85. The van der Waals surface area contributed by atoms with Crippen LogP contribution >= 0.6 is 0 Å². The molecule has 21 heavy (non-hydrogen) atoms. The maximum atomic E-state index is 12.6. The summed E-state index contributed by atoms with van der Waals surface area (Å²) in [6.07, 6.45) is 1.65. The Labute approximate surface area is 126 Å². The van der Waals surface area contributed by atoms with Gasteiger partial charge in [-0.25, -0.2) is 0 Å². The minimum atomic E-state index is -0.302. The summed E-state index contributed by atoms with van der Waals surface area (Å²) in [6.45, 7) is 8.29. The van der Waals surface area contributed by atoms with Crippen molar-refractivity contribution in [3.05, 3.63) is 0 Å². The zero-order valence-corrected chi connectivity index (χ0v) is 13.2. The number of nitrogens with zero attached hydrogens (tertiary/aromatic N) is 3. The lowest BCUT2D eigenvalue weighted by Gasteiger charge is -2.37. The van der Waals surface area contributed by atoms with Crippen LogP contribution in [0.3, 0.4) is 0 Å². The Balaban J connectivity index is 1.97. The van der Waals surface area contributed by atoms with Gasteiger partial charge in [0.1, 0.15) is 6.04 Å². The Morgan fingerprint density at radius 2 is 1.52 bits per heavy atom. The highest BCUT2D eigenvalue weighted by atomic mass is 16.2. The van der Waals surface area contributed by atoms with Gasteiger partial charge in [0.15, 0.2) is 0 Å². The van der Waals surface area contributed by atoms with Crippen LogP contribution in [0.25, 0.3) is 0 Å². The molecule has 3 amide bonds. The fourth-order valence-corrected chi connectivity index (χ4v) is 3.07. The van der Waals surface area contributed by atoms with Gasteiger partial charge >= 0.3 is 0 Å². The van der Waals surface area contributed by atoms with Crippen molar-refractivity contribution in [1.29, 1.82) is 0 Å². The monoisotopic (exact) mass is 295 g/mol. The number of carbonyl (C=O) groups is 3. The molecule has 0 spiro atoms. The molecule has 2 saturated heterocycles. The molecule has 0 radical (unpaired) electrons. The third-order valence-corrected chi connectivity index (χ3v) is 4.35. The molecule has 6 nitrogen and oxygen atoms in total. The van der Waals surface area contributed by atoms with Crippen molar-refractivity contribution in [3.8, 4) is 0 Å². The van der Waals surface area contributed by atoms with Crippen molar-refractivity contribution >= 4 is 17.7 Å². The Bertz CT molecular complexity index is 428. The van der Waals surface area contributed by atoms with Crippen molar-refractivity contribution in [1.82, 2.24) is 14.7 Å². The van der Waals surface area contributed by atoms with Gasteiger partial charge in [0, 0.05) is 45.6 Å². The van der Waals surface area contributed by atoms with Gasteiger partial charge in [-0.05, 0) is 12.8 Å². The predicted octanol–water partition coefficient (Wildman–Crippen LogP) is 0.324. The predicted molar refractivity (Wildman–Crippen MR) is 78.4 cm³/mol. The molecule has 0 N–H and O–H groups in total.